The fraction of sp³-hybridized carbons (Fsp3) is 0.462. The van der Waals surface area contributed by atoms with Crippen molar-refractivity contribution in [2.45, 2.75) is 19.8 Å². The molecule has 8 heteroatoms. The van der Waals surface area contributed by atoms with Crippen molar-refractivity contribution in [3.63, 3.8) is 0 Å². The average molecular weight is 296 g/mol. The third-order valence-electron chi connectivity index (χ3n) is 3.04. The molecular weight excluding hydrogens is 276 g/mol. The monoisotopic (exact) mass is 296 g/mol. The van der Waals surface area contributed by atoms with Crippen molar-refractivity contribution in [1.29, 1.82) is 0 Å². The van der Waals surface area contributed by atoms with Crippen LogP contribution in [0.4, 0.5) is 11.4 Å². The number of unbranched alkanes of at least 4 members (excludes halogenated alkanes) is 1. The third-order valence-corrected chi connectivity index (χ3v) is 3.04. The minimum atomic E-state index is -0.603. The Morgan fingerprint density at radius 3 is 2.71 bits per heavy atom. The van der Waals surface area contributed by atoms with Crippen LogP contribution in [0.3, 0.4) is 0 Å². The number of hydrogen-bond donors (Lipinski definition) is 3. The van der Waals surface area contributed by atoms with E-state index in [-0.39, 0.29) is 36.0 Å². The van der Waals surface area contributed by atoms with Gasteiger partial charge in [-0.3, -0.25) is 20.8 Å². The minimum Gasteiger partial charge on any atom is -0.395 e. The molecule has 4 N–H and O–H groups in total. The molecule has 0 radical (unpaired) electrons. The van der Waals surface area contributed by atoms with E-state index >= 15 is 0 Å². The van der Waals surface area contributed by atoms with E-state index < -0.39 is 4.92 Å². The van der Waals surface area contributed by atoms with Crippen molar-refractivity contribution < 1.29 is 14.8 Å². The van der Waals surface area contributed by atoms with E-state index in [4.69, 9.17) is 10.9 Å². The number of rotatable bonds is 8. The number of nitrogens with zero attached hydrogens (tertiary/aromatic N) is 2. The summed E-state index contributed by atoms with van der Waals surface area (Å²) in [6.45, 7) is 2.54. The lowest BCUT2D eigenvalue weighted by atomic mass is 10.1. The number of anilines is 1. The van der Waals surface area contributed by atoms with Crippen molar-refractivity contribution in [1.82, 2.24) is 4.90 Å². The Morgan fingerprint density at radius 1 is 1.48 bits per heavy atom. The van der Waals surface area contributed by atoms with Crippen LogP contribution in [0.1, 0.15) is 30.1 Å². The molecule has 0 heterocycles. The summed E-state index contributed by atoms with van der Waals surface area (Å²) in [4.78, 5) is 24.2. The Morgan fingerprint density at radius 2 is 2.19 bits per heavy atom. The van der Waals surface area contributed by atoms with Gasteiger partial charge in [-0.15, -0.1) is 0 Å². The molecule has 0 fully saturated rings. The number of hydrogen-bond acceptors (Lipinski definition) is 6. The van der Waals surface area contributed by atoms with Gasteiger partial charge in [-0.1, -0.05) is 13.3 Å². The SMILES string of the molecule is CCCCN(CCO)C(=O)c1ccc(NN)c([N+](=O)[O-])c1. The third kappa shape index (κ3) is 4.40. The quantitative estimate of drug-likeness (QED) is 0.375. The number of amides is 1. The van der Waals surface area contributed by atoms with Gasteiger partial charge in [-0.2, -0.15) is 0 Å². The molecule has 1 aromatic carbocycles. The minimum absolute atomic E-state index is 0.138. The van der Waals surface area contributed by atoms with Crippen molar-refractivity contribution in [3.8, 4) is 0 Å². The molecule has 0 saturated heterocycles. The Balaban J connectivity index is 3.04. The summed E-state index contributed by atoms with van der Waals surface area (Å²) in [7, 11) is 0. The highest BCUT2D eigenvalue weighted by atomic mass is 16.6. The van der Waals surface area contributed by atoms with E-state index in [0.29, 0.717) is 6.54 Å². The van der Waals surface area contributed by atoms with Crippen LogP contribution >= 0.6 is 0 Å². The second-order valence-corrected chi connectivity index (χ2v) is 4.50. The lowest BCUT2D eigenvalue weighted by Gasteiger charge is -2.21. The van der Waals surface area contributed by atoms with Gasteiger partial charge in [0.2, 0.25) is 0 Å². The standard InChI is InChI=1S/C13H20N4O4/c1-2-3-6-16(7-8-18)13(19)10-4-5-11(15-14)12(9-10)17(20)21/h4-5,9,15,18H,2-3,6-8,14H2,1H3. The van der Waals surface area contributed by atoms with Gasteiger partial charge in [-0.25, -0.2) is 0 Å². The molecule has 0 aliphatic heterocycles. The lowest BCUT2D eigenvalue weighted by Crippen LogP contribution is -2.34. The van der Waals surface area contributed by atoms with Gasteiger partial charge in [0.25, 0.3) is 11.6 Å². The Labute approximate surface area is 122 Å². The highest BCUT2D eigenvalue weighted by molar-refractivity contribution is 5.95. The molecule has 1 aromatic rings. The Hall–Kier alpha value is -2.19. The van der Waals surface area contributed by atoms with Gasteiger partial charge in [0, 0.05) is 24.7 Å². The van der Waals surface area contributed by atoms with Crippen LogP contribution in [0.2, 0.25) is 0 Å². The average Bonchev–Trinajstić information content (AvgIpc) is 2.50. The number of nitro groups is 1. The largest absolute Gasteiger partial charge is 0.395 e. The fourth-order valence-corrected chi connectivity index (χ4v) is 1.90. The van der Waals surface area contributed by atoms with Gasteiger partial charge < -0.3 is 15.4 Å². The Kier molecular flexibility index (Phi) is 6.57. The molecule has 0 aromatic heterocycles. The van der Waals surface area contributed by atoms with Gasteiger partial charge in [0.15, 0.2) is 0 Å². The molecule has 0 bridgehead atoms. The van der Waals surface area contributed by atoms with Crippen LogP contribution in [0.25, 0.3) is 0 Å². The van der Waals surface area contributed by atoms with E-state index in [1.54, 1.807) is 0 Å². The maximum atomic E-state index is 12.4. The first-order chi connectivity index (χ1) is 10.0. The van der Waals surface area contributed by atoms with Crippen LogP contribution in [0.5, 0.6) is 0 Å². The highest BCUT2D eigenvalue weighted by Gasteiger charge is 2.20. The molecule has 0 aliphatic rings. The number of carbonyl (C=O) groups excluding carboxylic acids is 1. The number of aliphatic hydroxyl groups is 1. The maximum absolute atomic E-state index is 12.4. The zero-order valence-corrected chi connectivity index (χ0v) is 11.9. The second-order valence-electron chi connectivity index (χ2n) is 4.50. The van der Waals surface area contributed by atoms with Gasteiger partial charge >= 0.3 is 0 Å². The highest BCUT2D eigenvalue weighted by Crippen LogP contribution is 2.25. The predicted molar refractivity (Wildman–Crippen MR) is 78.8 cm³/mol. The molecule has 1 rings (SSSR count). The van der Waals surface area contributed by atoms with Crippen LogP contribution in [0.15, 0.2) is 18.2 Å². The summed E-state index contributed by atoms with van der Waals surface area (Å²) in [5.41, 5.74) is 2.30. The number of nitro benzene ring substituents is 1. The molecule has 1 amide bonds. The molecule has 0 aliphatic carbocycles. The smallest absolute Gasteiger partial charge is 0.294 e. The number of nitrogens with two attached hydrogens (primary N) is 1. The summed E-state index contributed by atoms with van der Waals surface area (Å²) in [6.07, 6.45) is 1.71. The van der Waals surface area contributed by atoms with E-state index in [1.807, 2.05) is 6.92 Å². The van der Waals surface area contributed by atoms with E-state index in [0.717, 1.165) is 12.8 Å². The van der Waals surface area contributed by atoms with E-state index in [9.17, 15) is 14.9 Å². The van der Waals surface area contributed by atoms with Crippen molar-refractivity contribution in [2.75, 3.05) is 25.1 Å². The van der Waals surface area contributed by atoms with Gasteiger partial charge in [0.1, 0.15) is 5.69 Å². The molecule has 0 spiro atoms. The second kappa shape index (κ2) is 8.18. The first kappa shape index (κ1) is 16.9. The number of aliphatic hydroxyl groups excluding tert-OH is 1. The van der Waals surface area contributed by atoms with Crippen molar-refractivity contribution in [2.24, 2.45) is 5.84 Å². The van der Waals surface area contributed by atoms with Crippen LogP contribution in [0, 0.1) is 10.1 Å². The van der Waals surface area contributed by atoms with Crippen LogP contribution in [-0.2, 0) is 0 Å². The number of nitrogens with one attached hydrogen (secondary N) is 1. The number of benzene rings is 1. The number of nitrogen functional groups attached to an aromatic ring is 1. The lowest BCUT2D eigenvalue weighted by molar-refractivity contribution is -0.384. The zero-order valence-electron chi connectivity index (χ0n) is 11.9. The normalized spacial score (nSPS) is 10.2. The summed E-state index contributed by atoms with van der Waals surface area (Å²) in [6, 6.07) is 4.05. The summed E-state index contributed by atoms with van der Waals surface area (Å²) in [5.74, 6) is 4.86. The molecule has 0 saturated carbocycles. The summed E-state index contributed by atoms with van der Waals surface area (Å²) < 4.78 is 0. The Bertz CT molecular complexity index is 507. The first-order valence-corrected chi connectivity index (χ1v) is 6.70. The predicted octanol–water partition coefficient (Wildman–Crippen LogP) is 1.12. The number of carbonyl (C=O) groups is 1. The molecular formula is C13H20N4O4. The maximum Gasteiger partial charge on any atom is 0.294 e. The van der Waals surface area contributed by atoms with Crippen molar-refractivity contribution in [3.05, 3.63) is 33.9 Å². The molecule has 21 heavy (non-hydrogen) atoms. The van der Waals surface area contributed by atoms with Crippen LogP contribution in [-0.4, -0.2) is 40.5 Å². The molecule has 116 valence electrons. The topological polar surface area (TPSA) is 122 Å². The molecule has 0 unspecified atom stereocenters. The van der Waals surface area contributed by atoms with Gasteiger partial charge in [0.05, 0.1) is 11.5 Å². The van der Waals surface area contributed by atoms with Crippen molar-refractivity contribution >= 4 is 17.3 Å². The van der Waals surface area contributed by atoms with E-state index in [2.05, 4.69) is 5.43 Å². The number of hydrazine groups is 1. The first-order valence-electron chi connectivity index (χ1n) is 6.70. The van der Waals surface area contributed by atoms with Gasteiger partial charge in [-0.05, 0) is 18.6 Å². The molecule has 0 atom stereocenters. The fourth-order valence-electron chi connectivity index (χ4n) is 1.90. The summed E-state index contributed by atoms with van der Waals surface area (Å²) >= 11 is 0. The summed E-state index contributed by atoms with van der Waals surface area (Å²) in [5, 5.41) is 20.0. The molecule has 8 nitrogen and oxygen atoms in total. The van der Waals surface area contributed by atoms with Crippen LogP contribution < -0.4 is 11.3 Å². The van der Waals surface area contributed by atoms with E-state index in [1.165, 1.54) is 23.1 Å². The zero-order chi connectivity index (χ0) is 15.8.